The van der Waals surface area contributed by atoms with E-state index < -0.39 is 0 Å². The quantitative estimate of drug-likeness (QED) is 0.788. The van der Waals surface area contributed by atoms with Gasteiger partial charge in [-0.1, -0.05) is 12.1 Å². The molecule has 2 saturated heterocycles. The zero-order chi connectivity index (χ0) is 19.3. The molecule has 2 fully saturated rings. The molecular formula is C20H26N6O2. The molecule has 2 aliphatic heterocycles. The fraction of sp³-hybridized carbons (Fsp3) is 0.450. The van der Waals surface area contributed by atoms with Gasteiger partial charge in [-0.25, -0.2) is 4.98 Å². The monoisotopic (exact) mass is 382 g/mol. The molecule has 1 N–H and O–H groups in total. The predicted molar refractivity (Wildman–Crippen MR) is 109 cm³/mol. The maximum Gasteiger partial charge on any atom is 0.227 e. The Labute approximate surface area is 165 Å². The highest BCUT2D eigenvalue weighted by Crippen LogP contribution is 2.29. The molecule has 1 aromatic heterocycles. The molecule has 28 heavy (non-hydrogen) atoms. The molecule has 148 valence electrons. The summed E-state index contributed by atoms with van der Waals surface area (Å²) in [6, 6.07) is 10.2. The average molecular weight is 382 g/mol. The fourth-order valence-electron chi connectivity index (χ4n) is 3.58. The van der Waals surface area contributed by atoms with Gasteiger partial charge in [0, 0.05) is 51.0 Å². The van der Waals surface area contributed by atoms with E-state index in [-0.39, 0.29) is 0 Å². The molecule has 0 radical (unpaired) electrons. The van der Waals surface area contributed by atoms with Crippen molar-refractivity contribution in [3.8, 4) is 0 Å². The Hall–Kier alpha value is -2.87. The third-order valence-corrected chi connectivity index (χ3v) is 5.11. The van der Waals surface area contributed by atoms with Crippen LogP contribution in [0.5, 0.6) is 0 Å². The van der Waals surface area contributed by atoms with Crippen LogP contribution in [0.15, 0.2) is 30.3 Å². The number of piperazine rings is 1. The summed E-state index contributed by atoms with van der Waals surface area (Å²) in [5.41, 5.74) is 3.09. The topological polar surface area (TPSA) is 73.8 Å². The molecule has 4 rings (SSSR count). The minimum Gasteiger partial charge on any atom is -0.378 e. The number of para-hydroxylation sites is 2. The van der Waals surface area contributed by atoms with Gasteiger partial charge in [0.25, 0.3) is 0 Å². The van der Waals surface area contributed by atoms with E-state index in [0.29, 0.717) is 19.0 Å². The van der Waals surface area contributed by atoms with E-state index in [1.165, 1.54) is 0 Å². The molecule has 0 saturated carbocycles. The summed E-state index contributed by atoms with van der Waals surface area (Å²) >= 11 is 0. The summed E-state index contributed by atoms with van der Waals surface area (Å²) in [6.07, 6.45) is 0.907. The first kappa shape index (κ1) is 18.5. The Morgan fingerprint density at radius 2 is 1.75 bits per heavy atom. The van der Waals surface area contributed by atoms with Crippen LogP contribution >= 0.6 is 0 Å². The highest BCUT2D eigenvalue weighted by Gasteiger charge is 2.19. The number of anilines is 4. The number of aryl methyl sites for hydroxylation is 1. The lowest BCUT2D eigenvalue weighted by atomic mass is 10.2. The van der Waals surface area contributed by atoms with Crippen LogP contribution in [0.25, 0.3) is 0 Å². The van der Waals surface area contributed by atoms with Gasteiger partial charge in [-0.2, -0.15) is 4.98 Å². The van der Waals surface area contributed by atoms with Crippen molar-refractivity contribution in [2.24, 2.45) is 0 Å². The van der Waals surface area contributed by atoms with Gasteiger partial charge in [0.2, 0.25) is 12.4 Å². The van der Waals surface area contributed by atoms with Crippen molar-refractivity contribution in [2.45, 2.75) is 6.92 Å². The number of hydrogen-bond donors (Lipinski definition) is 1. The van der Waals surface area contributed by atoms with Crippen molar-refractivity contribution < 1.29 is 9.53 Å². The molecule has 2 aliphatic rings. The Morgan fingerprint density at radius 1 is 1.00 bits per heavy atom. The largest absolute Gasteiger partial charge is 0.378 e. The van der Waals surface area contributed by atoms with Gasteiger partial charge in [0.1, 0.15) is 5.82 Å². The van der Waals surface area contributed by atoms with Gasteiger partial charge >= 0.3 is 0 Å². The summed E-state index contributed by atoms with van der Waals surface area (Å²) in [7, 11) is 0. The summed E-state index contributed by atoms with van der Waals surface area (Å²) in [5, 5.41) is 3.48. The number of morpholine rings is 1. The minimum absolute atomic E-state index is 0.698. The first-order valence-corrected chi connectivity index (χ1v) is 9.71. The zero-order valence-corrected chi connectivity index (χ0v) is 16.2. The lowest BCUT2D eigenvalue weighted by molar-refractivity contribution is -0.118. The molecule has 0 unspecified atom stereocenters. The predicted octanol–water partition coefficient (Wildman–Crippen LogP) is 1.64. The Bertz CT molecular complexity index is 816. The van der Waals surface area contributed by atoms with Gasteiger partial charge in [-0.05, 0) is 19.1 Å². The zero-order valence-electron chi connectivity index (χ0n) is 16.2. The number of benzene rings is 1. The normalized spacial score (nSPS) is 17.5. The number of nitrogens with zero attached hydrogens (tertiary/aromatic N) is 5. The van der Waals surface area contributed by atoms with Crippen molar-refractivity contribution in [3.63, 3.8) is 0 Å². The molecule has 0 bridgehead atoms. The summed E-state index contributed by atoms with van der Waals surface area (Å²) in [5.74, 6) is 1.48. The number of amides is 1. The van der Waals surface area contributed by atoms with Crippen LogP contribution in [0.1, 0.15) is 5.69 Å². The number of carbonyl (C=O) groups is 1. The van der Waals surface area contributed by atoms with E-state index in [4.69, 9.17) is 9.72 Å². The summed E-state index contributed by atoms with van der Waals surface area (Å²) in [6.45, 7) is 8.12. The first-order valence-electron chi connectivity index (χ1n) is 9.71. The van der Waals surface area contributed by atoms with Crippen molar-refractivity contribution in [1.29, 1.82) is 0 Å². The molecular weight excluding hydrogens is 356 g/mol. The number of rotatable bonds is 5. The third kappa shape index (κ3) is 4.17. The van der Waals surface area contributed by atoms with Crippen molar-refractivity contribution in [1.82, 2.24) is 14.9 Å². The maximum atomic E-state index is 10.9. The Morgan fingerprint density at radius 3 is 2.50 bits per heavy atom. The highest BCUT2D eigenvalue weighted by molar-refractivity contribution is 5.74. The summed E-state index contributed by atoms with van der Waals surface area (Å²) in [4.78, 5) is 26.5. The standard InChI is InChI=1S/C20H26N6O2/c1-16-14-19(23-20(21-16)26-8-6-24(15-27)7-9-26)22-17-4-2-3-5-18(17)25-10-12-28-13-11-25/h2-5,14-15H,6-13H2,1H3,(H,21,22,23). The molecule has 0 aliphatic carbocycles. The molecule has 0 atom stereocenters. The molecule has 1 aromatic carbocycles. The van der Waals surface area contributed by atoms with Gasteiger partial charge in [-0.3, -0.25) is 4.79 Å². The van der Waals surface area contributed by atoms with Gasteiger partial charge in [0.15, 0.2) is 0 Å². The molecule has 8 nitrogen and oxygen atoms in total. The van der Waals surface area contributed by atoms with Crippen molar-refractivity contribution in [2.75, 3.05) is 67.6 Å². The summed E-state index contributed by atoms with van der Waals surface area (Å²) < 4.78 is 5.48. The highest BCUT2D eigenvalue weighted by atomic mass is 16.5. The van der Waals surface area contributed by atoms with Crippen molar-refractivity contribution in [3.05, 3.63) is 36.0 Å². The molecule has 8 heteroatoms. The minimum atomic E-state index is 0.698. The third-order valence-electron chi connectivity index (χ3n) is 5.11. The smallest absolute Gasteiger partial charge is 0.227 e. The van der Waals surface area contributed by atoms with Crippen LogP contribution < -0.4 is 15.1 Å². The molecule has 3 heterocycles. The van der Waals surface area contributed by atoms with Gasteiger partial charge < -0.3 is 24.8 Å². The second-order valence-corrected chi connectivity index (χ2v) is 7.06. The first-order chi connectivity index (χ1) is 13.7. The van der Waals surface area contributed by atoms with Crippen LogP contribution in [0.4, 0.5) is 23.1 Å². The number of nitrogens with one attached hydrogen (secondary N) is 1. The number of hydrogen-bond acceptors (Lipinski definition) is 7. The van der Waals surface area contributed by atoms with E-state index in [1.807, 2.05) is 19.1 Å². The van der Waals surface area contributed by atoms with Crippen LogP contribution in [0.2, 0.25) is 0 Å². The Balaban J connectivity index is 1.54. The van der Waals surface area contributed by atoms with E-state index in [0.717, 1.165) is 68.7 Å². The van der Waals surface area contributed by atoms with E-state index in [1.54, 1.807) is 4.90 Å². The van der Waals surface area contributed by atoms with Crippen LogP contribution in [-0.2, 0) is 9.53 Å². The van der Waals surface area contributed by atoms with E-state index in [2.05, 4.69) is 38.3 Å². The van der Waals surface area contributed by atoms with Crippen LogP contribution in [0.3, 0.4) is 0 Å². The maximum absolute atomic E-state index is 10.9. The fourth-order valence-corrected chi connectivity index (χ4v) is 3.58. The average Bonchev–Trinajstić information content (AvgIpc) is 2.74. The number of ether oxygens (including phenoxy) is 1. The molecule has 2 aromatic rings. The molecule has 0 spiro atoms. The van der Waals surface area contributed by atoms with Crippen molar-refractivity contribution >= 4 is 29.6 Å². The van der Waals surface area contributed by atoms with Crippen LogP contribution in [0, 0.1) is 6.92 Å². The van der Waals surface area contributed by atoms with Gasteiger partial charge in [0.05, 0.1) is 24.6 Å². The lowest BCUT2D eigenvalue weighted by Crippen LogP contribution is -2.46. The number of aromatic nitrogens is 2. The van der Waals surface area contributed by atoms with Gasteiger partial charge in [-0.15, -0.1) is 0 Å². The van der Waals surface area contributed by atoms with Crippen LogP contribution in [-0.4, -0.2) is 73.8 Å². The second kappa shape index (κ2) is 8.43. The lowest BCUT2D eigenvalue weighted by Gasteiger charge is -2.33. The SMILES string of the molecule is Cc1cc(Nc2ccccc2N2CCOCC2)nc(N2CCN(C=O)CC2)n1. The molecule has 1 amide bonds. The number of carbonyl (C=O) groups excluding carboxylic acids is 1. The second-order valence-electron chi connectivity index (χ2n) is 7.06. The van der Waals surface area contributed by atoms with E-state index >= 15 is 0 Å². The van der Waals surface area contributed by atoms with E-state index in [9.17, 15) is 4.79 Å². The Kier molecular flexibility index (Phi) is 5.57.